The number of benzene rings is 2. The van der Waals surface area contributed by atoms with Crippen molar-refractivity contribution >= 4 is 35.6 Å². The summed E-state index contributed by atoms with van der Waals surface area (Å²) in [6, 6.07) is 15.5. The number of aromatic nitrogens is 1. The molecular formula is C24H27IN4O3. The number of anilines is 1. The first-order valence-electron chi connectivity index (χ1n) is 10.2. The van der Waals surface area contributed by atoms with Crippen LogP contribution in [0.1, 0.15) is 23.1 Å². The summed E-state index contributed by atoms with van der Waals surface area (Å²) in [6.07, 6.45) is 5.22. The summed E-state index contributed by atoms with van der Waals surface area (Å²) < 4.78 is 16.6. The number of halogens is 1. The van der Waals surface area contributed by atoms with Gasteiger partial charge in [-0.05, 0) is 60.2 Å². The van der Waals surface area contributed by atoms with E-state index in [0.29, 0.717) is 35.6 Å². The smallest absolute Gasteiger partial charge is 0.219 e. The molecule has 8 heteroatoms. The SMILES string of the molecule is COc1cccc(OC)c1Oc1ccc(CN=C(N)Nc2ccc3c(c2)CCC3)cn1.I. The van der Waals surface area contributed by atoms with Gasteiger partial charge in [-0.1, -0.05) is 18.2 Å². The predicted molar refractivity (Wildman–Crippen MR) is 137 cm³/mol. The molecule has 1 aliphatic carbocycles. The third kappa shape index (κ3) is 5.61. The Kier molecular flexibility index (Phi) is 8.15. The summed E-state index contributed by atoms with van der Waals surface area (Å²) >= 11 is 0. The second-order valence-electron chi connectivity index (χ2n) is 7.26. The molecule has 0 spiro atoms. The highest BCUT2D eigenvalue weighted by Gasteiger charge is 2.13. The molecule has 1 aliphatic rings. The van der Waals surface area contributed by atoms with E-state index in [1.165, 1.54) is 17.5 Å². The van der Waals surface area contributed by atoms with Gasteiger partial charge in [-0.15, -0.1) is 24.0 Å². The van der Waals surface area contributed by atoms with Crippen molar-refractivity contribution in [3.63, 3.8) is 0 Å². The molecule has 0 aliphatic heterocycles. The molecule has 2 aromatic carbocycles. The first-order valence-corrected chi connectivity index (χ1v) is 10.2. The van der Waals surface area contributed by atoms with Gasteiger partial charge in [0.05, 0.1) is 20.8 Å². The summed E-state index contributed by atoms with van der Waals surface area (Å²) in [4.78, 5) is 8.78. The minimum atomic E-state index is 0. The van der Waals surface area contributed by atoms with Crippen LogP contribution in [0.15, 0.2) is 59.7 Å². The van der Waals surface area contributed by atoms with Gasteiger partial charge in [0.25, 0.3) is 0 Å². The summed E-state index contributed by atoms with van der Waals surface area (Å²) in [6.45, 7) is 0.412. The number of hydrogen-bond donors (Lipinski definition) is 2. The van der Waals surface area contributed by atoms with E-state index in [1.807, 2.05) is 18.2 Å². The molecule has 0 unspecified atom stereocenters. The van der Waals surface area contributed by atoms with Crippen molar-refractivity contribution < 1.29 is 14.2 Å². The van der Waals surface area contributed by atoms with Crippen molar-refractivity contribution in [3.05, 3.63) is 71.4 Å². The maximum Gasteiger partial charge on any atom is 0.219 e. The normalized spacial score (nSPS) is 12.5. The van der Waals surface area contributed by atoms with Crippen molar-refractivity contribution in [2.75, 3.05) is 19.5 Å². The Balaban J connectivity index is 0.00000289. The minimum absolute atomic E-state index is 0. The molecule has 3 N–H and O–H groups in total. The predicted octanol–water partition coefficient (Wildman–Crippen LogP) is 4.92. The molecule has 3 aromatic rings. The number of aryl methyl sites for hydroxylation is 2. The maximum absolute atomic E-state index is 6.06. The molecule has 168 valence electrons. The number of nitrogens with two attached hydrogens (primary N) is 1. The maximum atomic E-state index is 6.06. The Morgan fingerprint density at radius 2 is 1.78 bits per heavy atom. The third-order valence-corrected chi connectivity index (χ3v) is 5.19. The number of para-hydroxylation sites is 1. The lowest BCUT2D eigenvalue weighted by atomic mass is 10.1. The number of pyridine rings is 1. The fourth-order valence-corrected chi connectivity index (χ4v) is 3.60. The third-order valence-electron chi connectivity index (χ3n) is 5.19. The van der Waals surface area contributed by atoms with Crippen LogP contribution in [0, 0.1) is 0 Å². The van der Waals surface area contributed by atoms with Gasteiger partial charge in [0.15, 0.2) is 17.5 Å². The molecule has 0 fully saturated rings. The van der Waals surface area contributed by atoms with Crippen molar-refractivity contribution in [1.29, 1.82) is 0 Å². The van der Waals surface area contributed by atoms with Gasteiger partial charge >= 0.3 is 0 Å². The van der Waals surface area contributed by atoms with E-state index in [0.717, 1.165) is 24.1 Å². The molecule has 7 nitrogen and oxygen atoms in total. The quantitative estimate of drug-likeness (QED) is 0.248. The van der Waals surface area contributed by atoms with Gasteiger partial charge in [0.2, 0.25) is 11.6 Å². The van der Waals surface area contributed by atoms with E-state index >= 15 is 0 Å². The first-order chi connectivity index (χ1) is 15.2. The fourth-order valence-electron chi connectivity index (χ4n) is 3.60. The fraction of sp³-hybridized carbons (Fsp3) is 0.250. The van der Waals surface area contributed by atoms with E-state index in [2.05, 4.69) is 27.4 Å². The number of rotatable bonds is 7. The minimum Gasteiger partial charge on any atom is -0.493 e. The number of nitrogens with zero attached hydrogens (tertiary/aromatic N) is 2. The van der Waals surface area contributed by atoms with Crippen LogP contribution in [0.25, 0.3) is 0 Å². The number of guanidine groups is 1. The van der Waals surface area contributed by atoms with Crippen molar-refractivity contribution in [2.45, 2.75) is 25.8 Å². The van der Waals surface area contributed by atoms with Crippen molar-refractivity contribution in [3.8, 4) is 23.1 Å². The van der Waals surface area contributed by atoms with Gasteiger partial charge in [-0.25, -0.2) is 9.98 Å². The van der Waals surface area contributed by atoms with Crippen LogP contribution >= 0.6 is 24.0 Å². The number of ether oxygens (including phenoxy) is 3. The molecule has 1 aromatic heterocycles. The highest BCUT2D eigenvalue weighted by molar-refractivity contribution is 14.0. The van der Waals surface area contributed by atoms with Gasteiger partial charge in [-0.2, -0.15) is 0 Å². The lowest BCUT2D eigenvalue weighted by Gasteiger charge is -2.13. The Bertz CT molecular complexity index is 1060. The highest BCUT2D eigenvalue weighted by Crippen LogP contribution is 2.39. The monoisotopic (exact) mass is 546 g/mol. The van der Waals surface area contributed by atoms with Crippen LogP contribution in [0.3, 0.4) is 0 Å². The second-order valence-corrected chi connectivity index (χ2v) is 7.26. The van der Waals surface area contributed by atoms with Crippen LogP contribution in [0.4, 0.5) is 5.69 Å². The largest absolute Gasteiger partial charge is 0.493 e. The van der Waals surface area contributed by atoms with Crippen LogP contribution in [-0.2, 0) is 19.4 Å². The van der Waals surface area contributed by atoms with Gasteiger partial charge in [-0.3, -0.25) is 0 Å². The molecule has 0 radical (unpaired) electrons. The Morgan fingerprint density at radius 3 is 2.47 bits per heavy atom. The zero-order valence-electron chi connectivity index (χ0n) is 18.1. The number of hydrogen-bond acceptors (Lipinski definition) is 5. The lowest BCUT2D eigenvalue weighted by molar-refractivity contribution is 0.342. The lowest BCUT2D eigenvalue weighted by Crippen LogP contribution is -2.22. The molecule has 0 saturated carbocycles. The molecule has 0 saturated heterocycles. The van der Waals surface area contributed by atoms with Gasteiger partial charge in [0, 0.05) is 18.0 Å². The van der Waals surface area contributed by atoms with Crippen LogP contribution < -0.4 is 25.3 Å². The molecule has 0 atom stereocenters. The molecule has 0 amide bonds. The van der Waals surface area contributed by atoms with E-state index in [1.54, 1.807) is 38.6 Å². The van der Waals surface area contributed by atoms with Crippen molar-refractivity contribution in [2.24, 2.45) is 10.7 Å². The van der Waals surface area contributed by atoms with E-state index in [4.69, 9.17) is 19.9 Å². The summed E-state index contributed by atoms with van der Waals surface area (Å²) in [7, 11) is 3.16. The summed E-state index contributed by atoms with van der Waals surface area (Å²) in [5.41, 5.74) is 10.8. The van der Waals surface area contributed by atoms with Crippen LogP contribution in [0.2, 0.25) is 0 Å². The molecular weight excluding hydrogens is 519 g/mol. The highest BCUT2D eigenvalue weighted by atomic mass is 127. The molecule has 0 bridgehead atoms. The Morgan fingerprint density at radius 1 is 1.03 bits per heavy atom. The van der Waals surface area contributed by atoms with Crippen LogP contribution in [-0.4, -0.2) is 25.2 Å². The summed E-state index contributed by atoms with van der Waals surface area (Å²) in [5, 5.41) is 3.17. The zero-order chi connectivity index (χ0) is 21.6. The van der Waals surface area contributed by atoms with Crippen LogP contribution in [0.5, 0.6) is 23.1 Å². The van der Waals surface area contributed by atoms with E-state index in [9.17, 15) is 0 Å². The first kappa shape index (κ1) is 23.6. The number of nitrogens with one attached hydrogen (secondary N) is 1. The average Bonchev–Trinajstić information content (AvgIpc) is 3.26. The molecule has 4 rings (SSSR count). The Hall–Kier alpha value is -3.01. The summed E-state index contributed by atoms with van der Waals surface area (Å²) in [5.74, 6) is 2.42. The van der Waals surface area contributed by atoms with E-state index < -0.39 is 0 Å². The second kappa shape index (κ2) is 11.0. The number of fused-ring (bicyclic) bond motifs is 1. The van der Waals surface area contributed by atoms with E-state index in [-0.39, 0.29) is 24.0 Å². The standard InChI is InChI=1S/C24H26N4O3.HI/c1-29-20-7-4-8-21(30-2)23(20)31-22-12-9-16(14-26-22)15-27-24(25)28-19-11-10-17-5-3-6-18(17)13-19;/h4,7-14H,3,5-6,15H2,1-2H3,(H3,25,27,28);1H. The molecule has 32 heavy (non-hydrogen) atoms. The topological polar surface area (TPSA) is 91.0 Å². The zero-order valence-corrected chi connectivity index (χ0v) is 20.5. The molecule has 1 heterocycles. The average molecular weight is 546 g/mol. The number of methoxy groups -OCH3 is 2. The van der Waals surface area contributed by atoms with Gasteiger partial charge < -0.3 is 25.3 Å². The number of aliphatic imine (C=N–C) groups is 1. The Labute approximate surface area is 205 Å². The van der Waals surface area contributed by atoms with Gasteiger partial charge in [0.1, 0.15) is 0 Å². The van der Waals surface area contributed by atoms with Crippen molar-refractivity contribution in [1.82, 2.24) is 4.98 Å².